The first-order valence-corrected chi connectivity index (χ1v) is 30.3. The summed E-state index contributed by atoms with van der Waals surface area (Å²) in [5, 5.41) is 0. The van der Waals surface area contributed by atoms with Gasteiger partial charge in [-0.3, -0.25) is 0 Å². The van der Waals surface area contributed by atoms with Crippen molar-refractivity contribution < 1.29 is 18.3 Å². The van der Waals surface area contributed by atoms with Crippen molar-refractivity contribution in [1.82, 2.24) is 0 Å². The fraction of sp³-hybridized carbons (Fsp3) is 0.582. The van der Waals surface area contributed by atoms with Gasteiger partial charge >= 0.3 is 344 Å². The van der Waals surface area contributed by atoms with Crippen LogP contribution in [0.3, 0.4) is 0 Å². The zero-order valence-electron chi connectivity index (χ0n) is 37.9. The molecule has 2 aromatic rings. The van der Waals surface area contributed by atoms with Gasteiger partial charge in [-0.25, -0.2) is 0 Å². The minimum absolute atomic E-state index is 0. The second-order valence-electron chi connectivity index (χ2n) is 23.3. The van der Waals surface area contributed by atoms with Crippen LogP contribution in [0.15, 0.2) is 104 Å². The van der Waals surface area contributed by atoms with Crippen LogP contribution in [0, 0.1) is 62.6 Å². The maximum absolute atomic E-state index is 6.25. The zero-order valence-corrected chi connectivity index (χ0v) is 41.9. The van der Waals surface area contributed by atoms with Gasteiger partial charge in [-0.05, 0) is 0 Å². The number of benzene rings is 2. The maximum atomic E-state index is 6.25. The molecule has 0 aliphatic heterocycles. The molecule has 2 aromatic carbocycles. The molecule has 4 atom stereocenters. The van der Waals surface area contributed by atoms with Gasteiger partial charge in [0.15, 0.2) is 0 Å². The Labute approximate surface area is 366 Å². The van der Waals surface area contributed by atoms with E-state index in [-0.39, 0.29) is 49.6 Å². The summed E-state index contributed by atoms with van der Waals surface area (Å²) in [7, 11) is 0. The molecular weight excluding hydrogens is 823 g/mol. The van der Waals surface area contributed by atoms with Gasteiger partial charge in [-0.1, -0.05) is 0 Å². The minimum atomic E-state index is -4.90. The first kappa shape index (κ1) is 43.1. The average molecular weight is 897 g/mol. The number of halogens is 2. The van der Waals surface area contributed by atoms with Crippen LogP contribution in [0.2, 0.25) is 7.25 Å². The molecule has 0 saturated heterocycles. The van der Waals surface area contributed by atoms with Crippen LogP contribution in [0.25, 0.3) is 5.57 Å². The summed E-state index contributed by atoms with van der Waals surface area (Å²) >= 11 is -4.90. The third-order valence-electron chi connectivity index (χ3n) is 22.1. The molecule has 5 saturated carbocycles. The van der Waals surface area contributed by atoms with E-state index >= 15 is 0 Å². The van der Waals surface area contributed by atoms with E-state index in [2.05, 4.69) is 155 Å². The summed E-state index contributed by atoms with van der Waals surface area (Å²) in [5.41, 5.74) is 11.7. The van der Waals surface area contributed by atoms with Crippen molar-refractivity contribution in [1.29, 1.82) is 0 Å². The molecule has 9 aliphatic rings. The molecule has 0 N–H and O–H groups in total. The molecular formula is C55H74Cl2Zr. The number of allylic oxidation sites excluding steroid dienone is 10. The topological polar surface area (TPSA) is 0 Å². The summed E-state index contributed by atoms with van der Waals surface area (Å²) in [6, 6.07) is 21.7. The molecule has 9 aliphatic carbocycles. The molecule has 4 bridgehead atoms. The Hall–Kier alpha value is -1.53. The summed E-state index contributed by atoms with van der Waals surface area (Å²) < 4.78 is 10.7. The van der Waals surface area contributed by atoms with E-state index in [4.69, 9.17) is 4.21 Å². The normalized spacial score (nSPS) is 38.5. The molecule has 3 heteroatoms. The Morgan fingerprint density at radius 2 is 1.34 bits per heavy atom. The molecule has 0 amide bonds. The summed E-state index contributed by atoms with van der Waals surface area (Å²) in [6.07, 6.45) is 21.7. The van der Waals surface area contributed by atoms with E-state index < -0.39 is 18.3 Å². The van der Waals surface area contributed by atoms with Gasteiger partial charge in [-0.15, -0.1) is 24.8 Å². The molecule has 0 aromatic heterocycles. The molecule has 0 spiro atoms. The fourth-order valence-corrected chi connectivity index (χ4v) is 38.7. The number of rotatable bonds is 5. The van der Waals surface area contributed by atoms with Gasteiger partial charge in [0.25, 0.3) is 0 Å². The van der Waals surface area contributed by atoms with Crippen LogP contribution in [0.1, 0.15) is 132 Å². The van der Waals surface area contributed by atoms with Crippen LogP contribution < -0.4 is 3.27 Å². The van der Waals surface area contributed by atoms with Gasteiger partial charge in [-0.2, -0.15) is 0 Å². The third kappa shape index (κ3) is 4.58. The predicted octanol–water partition coefficient (Wildman–Crippen LogP) is 15.2. The molecule has 58 heavy (non-hydrogen) atoms. The molecule has 4 unspecified atom stereocenters. The molecule has 11 rings (SSSR count). The molecule has 0 radical (unpaired) electrons. The Morgan fingerprint density at radius 1 is 0.741 bits per heavy atom. The van der Waals surface area contributed by atoms with E-state index in [1.807, 2.05) is 5.57 Å². The number of fused-ring (bicyclic) bond motifs is 6. The number of hydrogen-bond donors (Lipinski definition) is 0. The van der Waals surface area contributed by atoms with Gasteiger partial charge in [0, 0.05) is 0 Å². The van der Waals surface area contributed by atoms with E-state index in [1.165, 1.54) is 56.1 Å². The molecule has 312 valence electrons. The van der Waals surface area contributed by atoms with Crippen LogP contribution >= 0.6 is 24.8 Å². The van der Waals surface area contributed by atoms with Crippen molar-refractivity contribution in [2.75, 3.05) is 0 Å². The Kier molecular flexibility index (Phi) is 9.85. The predicted molar refractivity (Wildman–Crippen MR) is 252 cm³/mol. The van der Waals surface area contributed by atoms with Crippen molar-refractivity contribution in [3.63, 3.8) is 0 Å². The van der Waals surface area contributed by atoms with Crippen molar-refractivity contribution in [3.05, 3.63) is 116 Å². The summed E-state index contributed by atoms with van der Waals surface area (Å²) in [4.78, 5) is 0. The van der Waals surface area contributed by atoms with Crippen LogP contribution in [-0.2, 0) is 24.7 Å². The average Bonchev–Trinajstić information content (AvgIpc) is 3.77. The summed E-state index contributed by atoms with van der Waals surface area (Å²) in [5.74, 6) is 4.52. The van der Waals surface area contributed by atoms with E-state index in [9.17, 15) is 0 Å². The van der Waals surface area contributed by atoms with E-state index in [0.29, 0.717) is 17.3 Å². The van der Waals surface area contributed by atoms with Crippen LogP contribution in [0.4, 0.5) is 0 Å². The van der Waals surface area contributed by atoms with Crippen molar-refractivity contribution in [2.24, 2.45) is 62.6 Å². The standard InChI is InChI=1S/C29H37.C17H23.C6H5.C2H5.CH2.2ClH.Zr/c1-18-25-22-17-19-13-9-10-14-20(19)24(22)21-15-11-12-16-23(21)29(25,8)28(6,7)27(4,5)26(18,2)3;1-11-3-4-14(5-11)17(2)15-7-12-6-13(9-15)10-16(17)8-12;1-2-4-6-5-3-1;1-2;;;;/h9-11,13-15,23H,12,16-17H2,1-8H3;4-5,11-13,15-16H,6-10H2,1-2H3;1-5H;1H2,2H3;1H2;2*1H;. The summed E-state index contributed by atoms with van der Waals surface area (Å²) in [6.45, 7) is 29.9. The van der Waals surface area contributed by atoms with Gasteiger partial charge in [0.1, 0.15) is 0 Å². The monoisotopic (exact) mass is 894 g/mol. The van der Waals surface area contributed by atoms with Crippen molar-refractivity contribution in [2.45, 2.75) is 135 Å². The van der Waals surface area contributed by atoms with E-state index in [1.54, 1.807) is 28.8 Å². The first-order chi connectivity index (χ1) is 26.3. The van der Waals surface area contributed by atoms with Gasteiger partial charge < -0.3 is 0 Å². The third-order valence-corrected chi connectivity index (χ3v) is 43.1. The second kappa shape index (κ2) is 13.2. The van der Waals surface area contributed by atoms with Gasteiger partial charge in [0.2, 0.25) is 0 Å². The Morgan fingerprint density at radius 3 is 1.97 bits per heavy atom. The first-order valence-electron chi connectivity index (χ1n) is 23.1. The molecule has 0 nitrogen and oxygen atoms in total. The second-order valence-corrected chi connectivity index (χ2v) is 38.6. The van der Waals surface area contributed by atoms with Crippen molar-refractivity contribution >= 4 is 37.9 Å². The molecule has 0 heterocycles. The number of hydrogen-bond acceptors (Lipinski definition) is 0. The van der Waals surface area contributed by atoms with Crippen LogP contribution in [0.5, 0.6) is 0 Å². The van der Waals surface area contributed by atoms with Crippen LogP contribution in [-0.4, -0.2) is 4.21 Å². The zero-order chi connectivity index (χ0) is 39.7. The van der Waals surface area contributed by atoms with Gasteiger partial charge in [0.05, 0.1) is 0 Å². The van der Waals surface area contributed by atoms with Crippen molar-refractivity contribution in [3.8, 4) is 0 Å². The SMILES string of the molecule is Cl.Cl.[CH2]=[Zr]([CH2]C)([C]1=CC(C2(C)C3CC4CC(C3)CC2C4)=CC1C)([c]1ccccc1)[C]1(C)C2=C3Cc4ccccc4C3=C3C=CCCC3C2(C)C(C)(C)C(C)(C)C1(C)C. The fourth-order valence-electron chi connectivity index (χ4n) is 17.7. The van der Waals surface area contributed by atoms with E-state index in [0.717, 1.165) is 34.2 Å². The quantitative estimate of drug-likeness (QED) is 0.281. The Balaban J connectivity index is 0.00000235. The Bertz CT molecular complexity index is 2260. The molecule has 5 fully saturated rings.